The highest BCUT2D eigenvalue weighted by atomic mass is 19.1. The molecule has 0 N–H and O–H groups in total. The second-order valence-corrected chi connectivity index (χ2v) is 4.93. The molecule has 0 radical (unpaired) electrons. The zero-order valence-electron chi connectivity index (χ0n) is 12.1. The van der Waals surface area contributed by atoms with Crippen LogP contribution in [0.2, 0.25) is 0 Å². The fourth-order valence-electron chi connectivity index (χ4n) is 2.60. The van der Waals surface area contributed by atoms with Gasteiger partial charge in [0.15, 0.2) is 0 Å². The summed E-state index contributed by atoms with van der Waals surface area (Å²) in [7, 11) is 0. The lowest BCUT2D eigenvalue weighted by atomic mass is 10.1. The molecule has 0 fully saturated rings. The third-order valence-corrected chi connectivity index (χ3v) is 3.75. The van der Waals surface area contributed by atoms with Gasteiger partial charge in [0, 0.05) is 13.1 Å². The Morgan fingerprint density at radius 1 is 1.20 bits per heavy atom. The zero-order valence-corrected chi connectivity index (χ0v) is 12.1. The summed E-state index contributed by atoms with van der Waals surface area (Å²) in [5.74, 6) is -1.64. The number of carbonyl (C=O) groups excluding carboxylic acids is 2. The molecule has 1 heterocycles. The molecule has 1 aromatic carbocycles. The largest absolute Gasteiger partial charge is 0.303 e. The topological polar surface area (TPSA) is 40.6 Å². The zero-order chi connectivity index (χ0) is 14.9. The maximum Gasteiger partial charge on any atom is 0.299 e. The number of benzene rings is 1. The number of hydrogen-bond acceptors (Lipinski definition) is 3. The lowest BCUT2D eigenvalue weighted by Gasteiger charge is -2.23. The first-order valence-electron chi connectivity index (χ1n) is 6.88. The second kappa shape index (κ2) is 5.71. The predicted octanol–water partition coefficient (Wildman–Crippen LogP) is 2.01. The van der Waals surface area contributed by atoms with Crippen molar-refractivity contribution in [3.63, 3.8) is 0 Å². The Kier molecular flexibility index (Phi) is 4.18. The van der Waals surface area contributed by atoms with Gasteiger partial charge in [-0.1, -0.05) is 13.8 Å². The van der Waals surface area contributed by atoms with Gasteiger partial charge in [-0.15, -0.1) is 0 Å². The number of carbonyl (C=O) groups is 2. The van der Waals surface area contributed by atoms with Gasteiger partial charge in [0.25, 0.3) is 11.7 Å². The van der Waals surface area contributed by atoms with Crippen molar-refractivity contribution in [3.05, 3.63) is 29.1 Å². The molecule has 0 saturated carbocycles. The second-order valence-electron chi connectivity index (χ2n) is 4.93. The van der Waals surface area contributed by atoms with E-state index in [2.05, 4.69) is 18.7 Å². The fourth-order valence-corrected chi connectivity index (χ4v) is 2.60. The van der Waals surface area contributed by atoms with Crippen molar-refractivity contribution in [3.8, 4) is 0 Å². The molecule has 1 aliphatic heterocycles. The number of halogens is 1. The van der Waals surface area contributed by atoms with Crippen molar-refractivity contribution < 1.29 is 14.0 Å². The average Bonchev–Trinajstić information content (AvgIpc) is 2.65. The number of nitrogens with zero attached hydrogens (tertiary/aromatic N) is 2. The van der Waals surface area contributed by atoms with Crippen molar-refractivity contribution in [2.45, 2.75) is 20.8 Å². The van der Waals surface area contributed by atoms with E-state index in [0.717, 1.165) is 19.2 Å². The molecular formula is C15H19FN2O2. The van der Waals surface area contributed by atoms with Crippen LogP contribution in [0, 0.1) is 12.7 Å². The number of likely N-dealkylation sites (N-methyl/N-ethyl adjacent to an activating group) is 1. The fraction of sp³-hybridized carbons (Fsp3) is 0.467. The van der Waals surface area contributed by atoms with Crippen LogP contribution in [-0.4, -0.2) is 42.8 Å². The molecule has 20 heavy (non-hydrogen) atoms. The van der Waals surface area contributed by atoms with Crippen LogP contribution in [0.3, 0.4) is 0 Å². The van der Waals surface area contributed by atoms with E-state index in [1.165, 1.54) is 11.0 Å². The molecule has 2 rings (SSSR count). The van der Waals surface area contributed by atoms with Crippen LogP contribution in [-0.2, 0) is 4.79 Å². The molecule has 1 amide bonds. The van der Waals surface area contributed by atoms with Gasteiger partial charge >= 0.3 is 0 Å². The molecule has 1 aromatic rings. The number of amides is 1. The van der Waals surface area contributed by atoms with Gasteiger partial charge in [0.1, 0.15) is 5.82 Å². The average molecular weight is 278 g/mol. The number of rotatable bonds is 5. The third kappa shape index (κ3) is 2.45. The van der Waals surface area contributed by atoms with Crippen molar-refractivity contribution in [1.82, 2.24) is 4.90 Å². The molecule has 1 aliphatic rings. The molecule has 0 aromatic heterocycles. The van der Waals surface area contributed by atoms with Gasteiger partial charge in [-0.25, -0.2) is 4.39 Å². The Bertz CT molecular complexity index is 553. The van der Waals surface area contributed by atoms with E-state index in [0.29, 0.717) is 24.3 Å². The minimum absolute atomic E-state index is 0.187. The SMILES string of the molecule is CCN(CC)CCN1C(=O)C(=O)c2cc(F)cc(C)c21. The van der Waals surface area contributed by atoms with Crippen LogP contribution in [0.1, 0.15) is 29.8 Å². The van der Waals surface area contributed by atoms with Crippen LogP contribution >= 0.6 is 0 Å². The maximum absolute atomic E-state index is 13.4. The van der Waals surface area contributed by atoms with E-state index in [4.69, 9.17) is 0 Å². The lowest BCUT2D eigenvalue weighted by molar-refractivity contribution is -0.114. The Balaban J connectivity index is 2.29. The minimum Gasteiger partial charge on any atom is -0.303 e. The summed E-state index contributed by atoms with van der Waals surface area (Å²) in [5.41, 5.74) is 1.37. The predicted molar refractivity (Wildman–Crippen MR) is 75.6 cm³/mol. The first-order chi connectivity index (χ1) is 9.49. The summed E-state index contributed by atoms with van der Waals surface area (Å²) in [4.78, 5) is 27.6. The Morgan fingerprint density at radius 2 is 1.85 bits per heavy atom. The quantitative estimate of drug-likeness (QED) is 0.774. The van der Waals surface area contributed by atoms with Gasteiger partial charge in [-0.2, -0.15) is 0 Å². The van der Waals surface area contributed by atoms with Gasteiger partial charge in [-0.3, -0.25) is 9.59 Å². The Labute approximate surface area is 118 Å². The Hall–Kier alpha value is -1.75. The van der Waals surface area contributed by atoms with Crippen LogP contribution in [0.4, 0.5) is 10.1 Å². The highest BCUT2D eigenvalue weighted by Crippen LogP contribution is 2.32. The summed E-state index contributed by atoms with van der Waals surface area (Å²) in [6.45, 7) is 8.75. The highest BCUT2D eigenvalue weighted by molar-refractivity contribution is 6.52. The molecule has 0 aliphatic carbocycles. The summed E-state index contributed by atoms with van der Waals surface area (Å²) in [6.07, 6.45) is 0. The Morgan fingerprint density at radius 3 is 2.45 bits per heavy atom. The van der Waals surface area contributed by atoms with Gasteiger partial charge < -0.3 is 9.80 Å². The van der Waals surface area contributed by atoms with Crippen LogP contribution in [0.25, 0.3) is 0 Å². The molecule has 0 bridgehead atoms. The number of fused-ring (bicyclic) bond motifs is 1. The van der Waals surface area contributed by atoms with E-state index >= 15 is 0 Å². The van der Waals surface area contributed by atoms with E-state index in [-0.39, 0.29) is 5.56 Å². The summed E-state index contributed by atoms with van der Waals surface area (Å²) >= 11 is 0. The monoisotopic (exact) mass is 278 g/mol. The van der Waals surface area contributed by atoms with E-state index in [9.17, 15) is 14.0 Å². The molecule has 0 saturated heterocycles. The van der Waals surface area contributed by atoms with Crippen molar-refractivity contribution in [2.24, 2.45) is 0 Å². The highest BCUT2D eigenvalue weighted by Gasteiger charge is 2.37. The van der Waals surface area contributed by atoms with E-state index < -0.39 is 17.5 Å². The molecule has 108 valence electrons. The van der Waals surface area contributed by atoms with Crippen LogP contribution < -0.4 is 4.90 Å². The lowest BCUT2D eigenvalue weighted by Crippen LogP contribution is -2.38. The van der Waals surface area contributed by atoms with Crippen LogP contribution in [0.5, 0.6) is 0 Å². The molecular weight excluding hydrogens is 259 g/mol. The van der Waals surface area contributed by atoms with E-state index in [1.54, 1.807) is 6.92 Å². The van der Waals surface area contributed by atoms with Crippen molar-refractivity contribution >= 4 is 17.4 Å². The minimum atomic E-state index is -0.609. The number of hydrogen-bond donors (Lipinski definition) is 0. The summed E-state index contributed by atoms with van der Waals surface area (Å²) in [6, 6.07) is 2.51. The van der Waals surface area contributed by atoms with E-state index in [1.807, 2.05) is 0 Å². The molecule has 4 nitrogen and oxygen atoms in total. The first kappa shape index (κ1) is 14.7. The van der Waals surface area contributed by atoms with Crippen molar-refractivity contribution in [2.75, 3.05) is 31.1 Å². The van der Waals surface area contributed by atoms with Gasteiger partial charge in [0.05, 0.1) is 11.3 Å². The van der Waals surface area contributed by atoms with Gasteiger partial charge in [-0.05, 0) is 37.7 Å². The first-order valence-corrected chi connectivity index (χ1v) is 6.88. The number of Topliss-reactive ketones (excluding diaryl/α,β-unsaturated/α-hetero) is 1. The summed E-state index contributed by atoms with van der Waals surface area (Å²) in [5, 5.41) is 0. The molecule has 0 unspecified atom stereocenters. The van der Waals surface area contributed by atoms with Crippen LogP contribution in [0.15, 0.2) is 12.1 Å². The maximum atomic E-state index is 13.4. The van der Waals surface area contributed by atoms with Gasteiger partial charge in [0.2, 0.25) is 0 Å². The molecule has 0 atom stereocenters. The van der Waals surface area contributed by atoms with Crippen molar-refractivity contribution in [1.29, 1.82) is 0 Å². The standard InChI is InChI=1S/C15H19FN2O2/c1-4-17(5-2)6-7-18-13-10(3)8-11(16)9-12(13)14(19)15(18)20/h8-9H,4-7H2,1-3H3. The number of ketones is 1. The molecule has 0 spiro atoms. The number of anilines is 1. The third-order valence-electron chi connectivity index (χ3n) is 3.75. The number of aryl methyl sites for hydroxylation is 1. The molecule has 5 heteroatoms. The smallest absolute Gasteiger partial charge is 0.299 e. The normalized spacial score (nSPS) is 14.3. The summed E-state index contributed by atoms with van der Waals surface area (Å²) < 4.78 is 13.4.